The lowest BCUT2D eigenvalue weighted by atomic mass is 9.73. The summed E-state index contributed by atoms with van der Waals surface area (Å²) in [4.78, 5) is 12.5. The Kier molecular flexibility index (Phi) is 3.32. The summed E-state index contributed by atoms with van der Waals surface area (Å²) in [6.45, 7) is 4.14. The second-order valence-electron chi connectivity index (χ2n) is 6.42. The molecule has 1 aromatic carbocycles. The maximum absolute atomic E-state index is 13.5. The number of hydrogen-bond donors (Lipinski definition) is 2. The average molecular weight is 304 g/mol. The molecule has 110 valence electrons. The molecule has 0 bridgehead atoms. The minimum atomic E-state index is -0.368. The Bertz CT molecular complexity index is 666. The number of nitrogens with one attached hydrogen (secondary N) is 2. The zero-order valence-electron chi connectivity index (χ0n) is 12.0. The highest BCUT2D eigenvalue weighted by Crippen LogP contribution is 2.41. The molecule has 0 aromatic heterocycles. The highest BCUT2D eigenvalue weighted by atomic mass is 32.1. The van der Waals surface area contributed by atoms with Crippen LogP contribution in [0.3, 0.4) is 0 Å². The van der Waals surface area contributed by atoms with Crippen LogP contribution >= 0.6 is 12.2 Å². The Morgan fingerprint density at radius 2 is 2.10 bits per heavy atom. The van der Waals surface area contributed by atoms with Gasteiger partial charge in [-0.2, -0.15) is 0 Å². The first-order chi connectivity index (χ1) is 9.85. The predicted octanol–water partition coefficient (Wildman–Crippen LogP) is 2.99. The maximum atomic E-state index is 13.5. The summed E-state index contributed by atoms with van der Waals surface area (Å²) in [6, 6.07) is 5.93. The second kappa shape index (κ2) is 4.91. The quantitative estimate of drug-likeness (QED) is 0.783. The molecule has 0 radical (unpaired) electrons. The van der Waals surface area contributed by atoms with Gasteiger partial charge < -0.3 is 10.6 Å². The normalized spacial score (nSPS) is 24.2. The van der Waals surface area contributed by atoms with Crippen LogP contribution in [0, 0.1) is 11.2 Å². The van der Waals surface area contributed by atoms with E-state index in [1.807, 2.05) is 6.07 Å². The molecule has 3 rings (SSSR count). The van der Waals surface area contributed by atoms with E-state index >= 15 is 0 Å². The number of benzene rings is 1. The number of hydrogen-bond acceptors (Lipinski definition) is 2. The molecule has 1 atom stereocenters. The van der Waals surface area contributed by atoms with Crippen molar-refractivity contribution in [1.82, 2.24) is 10.6 Å². The van der Waals surface area contributed by atoms with Crippen molar-refractivity contribution in [2.45, 2.75) is 32.7 Å². The van der Waals surface area contributed by atoms with Crippen LogP contribution < -0.4 is 10.6 Å². The largest absolute Gasteiger partial charge is 0.351 e. The Morgan fingerprint density at radius 1 is 1.33 bits per heavy atom. The van der Waals surface area contributed by atoms with Crippen molar-refractivity contribution in [3.63, 3.8) is 0 Å². The number of rotatable bonds is 1. The summed E-state index contributed by atoms with van der Waals surface area (Å²) in [5.41, 5.74) is 2.20. The van der Waals surface area contributed by atoms with E-state index < -0.39 is 0 Å². The van der Waals surface area contributed by atoms with Crippen molar-refractivity contribution in [3.05, 3.63) is 46.9 Å². The zero-order valence-corrected chi connectivity index (χ0v) is 12.8. The molecule has 1 aromatic rings. The van der Waals surface area contributed by atoms with Gasteiger partial charge in [0.1, 0.15) is 5.82 Å². The van der Waals surface area contributed by atoms with Crippen molar-refractivity contribution in [2.75, 3.05) is 0 Å². The van der Waals surface area contributed by atoms with Crippen LogP contribution in [-0.4, -0.2) is 10.9 Å². The van der Waals surface area contributed by atoms with Crippen LogP contribution in [0.5, 0.6) is 0 Å². The van der Waals surface area contributed by atoms with Crippen LogP contribution in [0.4, 0.5) is 4.39 Å². The number of carbonyl (C=O) groups excluding carboxylic acids is 1. The molecule has 2 aliphatic rings. The van der Waals surface area contributed by atoms with E-state index in [0.717, 1.165) is 17.7 Å². The third-order valence-corrected chi connectivity index (χ3v) is 4.15. The molecule has 0 saturated carbocycles. The lowest BCUT2D eigenvalue weighted by Crippen LogP contribution is -2.48. The summed E-state index contributed by atoms with van der Waals surface area (Å²) in [5, 5.41) is 6.68. The second-order valence-corrected chi connectivity index (χ2v) is 6.83. The summed E-state index contributed by atoms with van der Waals surface area (Å²) in [5.74, 6) is -0.220. The molecule has 0 amide bonds. The topological polar surface area (TPSA) is 41.1 Å². The van der Waals surface area contributed by atoms with E-state index in [1.165, 1.54) is 12.1 Å². The number of thiocarbonyl (C=S) groups is 1. The van der Waals surface area contributed by atoms with Gasteiger partial charge in [0.2, 0.25) is 0 Å². The number of ketones is 1. The lowest BCUT2D eigenvalue weighted by Gasteiger charge is -2.39. The SMILES string of the molecule is CC1(C)CC(=O)C2=C(C1)NC(=S)N[C@@H]2c1cccc(F)c1. The van der Waals surface area contributed by atoms with Crippen LogP contribution in [0.15, 0.2) is 35.5 Å². The minimum Gasteiger partial charge on any atom is -0.351 e. The first-order valence-electron chi connectivity index (χ1n) is 6.95. The Hall–Kier alpha value is -1.75. The van der Waals surface area contributed by atoms with Gasteiger partial charge in [0.05, 0.1) is 6.04 Å². The minimum absolute atomic E-state index is 0.0810. The summed E-state index contributed by atoms with van der Waals surface area (Å²) < 4.78 is 13.5. The van der Waals surface area contributed by atoms with Crippen molar-refractivity contribution in [1.29, 1.82) is 0 Å². The molecular weight excluding hydrogens is 287 g/mol. The zero-order chi connectivity index (χ0) is 15.2. The molecule has 3 nitrogen and oxygen atoms in total. The fourth-order valence-corrected chi connectivity index (χ4v) is 3.33. The molecule has 21 heavy (non-hydrogen) atoms. The lowest BCUT2D eigenvalue weighted by molar-refractivity contribution is -0.118. The van der Waals surface area contributed by atoms with E-state index in [0.29, 0.717) is 17.1 Å². The number of carbonyl (C=O) groups is 1. The molecule has 0 saturated heterocycles. The number of allylic oxidation sites excluding steroid dienone is 1. The van der Waals surface area contributed by atoms with Crippen LogP contribution in [0.1, 0.15) is 38.3 Å². The predicted molar refractivity (Wildman–Crippen MR) is 83.1 cm³/mol. The monoisotopic (exact) mass is 304 g/mol. The van der Waals surface area contributed by atoms with Crippen LogP contribution in [-0.2, 0) is 4.79 Å². The molecule has 2 N–H and O–H groups in total. The molecule has 1 heterocycles. The molecule has 0 fully saturated rings. The third kappa shape index (κ3) is 2.70. The van der Waals surface area contributed by atoms with Gasteiger partial charge in [-0.1, -0.05) is 26.0 Å². The van der Waals surface area contributed by atoms with Gasteiger partial charge in [0.15, 0.2) is 10.9 Å². The number of Topliss-reactive ketones (excluding diaryl/α,β-unsaturated/α-hetero) is 1. The molecule has 0 spiro atoms. The van der Waals surface area contributed by atoms with Gasteiger partial charge in [0.25, 0.3) is 0 Å². The Labute approximate surface area is 128 Å². The molecular formula is C16H17FN2OS. The average Bonchev–Trinajstić information content (AvgIpc) is 2.35. The summed E-state index contributed by atoms with van der Waals surface area (Å²) in [6.07, 6.45) is 1.26. The van der Waals surface area contributed by atoms with Crippen LogP contribution in [0.2, 0.25) is 0 Å². The van der Waals surface area contributed by atoms with Gasteiger partial charge in [-0.05, 0) is 41.7 Å². The molecule has 1 aliphatic carbocycles. The summed E-state index contributed by atoms with van der Waals surface area (Å²) >= 11 is 5.24. The van der Waals surface area contributed by atoms with E-state index in [-0.39, 0.29) is 23.1 Å². The third-order valence-electron chi connectivity index (χ3n) is 3.93. The van der Waals surface area contributed by atoms with Gasteiger partial charge in [-0.3, -0.25) is 4.79 Å². The fourth-order valence-electron chi connectivity index (χ4n) is 3.09. The van der Waals surface area contributed by atoms with Gasteiger partial charge in [-0.15, -0.1) is 0 Å². The fraction of sp³-hybridized carbons (Fsp3) is 0.375. The van der Waals surface area contributed by atoms with E-state index in [4.69, 9.17) is 12.2 Å². The van der Waals surface area contributed by atoms with Crippen LogP contribution in [0.25, 0.3) is 0 Å². The smallest absolute Gasteiger partial charge is 0.171 e. The highest BCUT2D eigenvalue weighted by molar-refractivity contribution is 7.80. The van der Waals surface area contributed by atoms with E-state index in [9.17, 15) is 9.18 Å². The van der Waals surface area contributed by atoms with Crippen molar-refractivity contribution in [2.24, 2.45) is 5.41 Å². The Morgan fingerprint density at radius 3 is 2.81 bits per heavy atom. The molecule has 5 heteroatoms. The van der Waals surface area contributed by atoms with Crippen molar-refractivity contribution >= 4 is 23.1 Å². The van der Waals surface area contributed by atoms with E-state index in [2.05, 4.69) is 24.5 Å². The Balaban J connectivity index is 2.08. The molecule has 1 aliphatic heterocycles. The van der Waals surface area contributed by atoms with Gasteiger partial charge >= 0.3 is 0 Å². The van der Waals surface area contributed by atoms with Crippen molar-refractivity contribution in [3.8, 4) is 0 Å². The highest BCUT2D eigenvalue weighted by Gasteiger charge is 2.39. The van der Waals surface area contributed by atoms with E-state index in [1.54, 1.807) is 6.07 Å². The summed E-state index contributed by atoms with van der Waals surface area (Å²) in [7, 11) is 0. The maximum Gasteiger partial charge on any atom is 0.171 e. The number of halogens is 1. The van der Waals surface area contributed by atoms with Crippen molar-refractivity contribution < 1.29 is 9.18 Å². The standard InChI is InChI=1S/C16H17FN2OS/c1-16(2)7-11-13(12(20)8-16)14(19-15(21)18-11)9-4-3-5-10(17)6-9/h3-6,14H,7-8H2,1-2H3,(H2,18,19,21)/t14-/m1/s1. The van der Waals surface area contributed by atoms with Gasteiger partial charge in [-0.25, -0.2) is 4.39 Å². The van der Waals surface area contributed by atoms with Gasteiger partial charge in [0, 0.05) is 17.7 Å². The first kappa shape index (κ1) is 14.2. The first-order valence-corrected chi connectivity index (χ1v) is 7.36. The molecule has 0 unspecified atom stereocenters.